The summed E-state index contributed by atoms with van der Waals surface area (Å²) >= 11 is 1.67. The normalized spacial score (nSPS) is 12.0. The Balaban J connectivity index is 2.89. The Morgan fingerprint density at radius 3 is 2.82 bits per heavy atom. The van der Waals surface area contributed by atoms with Crippen molar-refractivity contribution in [3.05, 3.63) is 21.9 Å². The van der Waals surface area contributed by atoms with Crippen LogP contribution in [0.15, 0.2) is 17.3 Å². The van der Waals surface area contributed by atoms with Gasteiger partial charge >= 0.3 is 0 Å². The lowest BCUT2D eigenvalue weighted by atomic mass is 10.3. The molecule has 1 heterocycles. The highest BCUT2D eigenvalue weighted by Gasteiger charge is 2.00. The third-order valence-corrected chi connectivity index (χ3v) is 2.86. The van der Waals surface area contributed by atoms with Gasteiger partial charge in [-0.15, -0.1) is 11.3 Å². The second-order valence-electron chi connectivity index (χ2n) is 2.30. The van der Waals surface area contributed by atoms with Crippen molar-refractivity contribution in [3.63, 3.8) is 0 Å². The lowest BCUT2D eigenvalue weighted by molar-refractivity contribution is 0.319. The highest BCUT2D eigenvalue weighted by atomic mass is 32.1. The van der Waals surface area contributed by atoms with Crippen LogP contribution in [0.2, 0.25) is 0 Å². The van der Waals surface area contributed by atoms with Crippen LogP contribution in [0.4, 0.5) is 0 Å². The summed E-state index contributed by atoms with van der Waals surface area (Å²) in [6.45, 7) is 3.91. The molecule has 0 radical (unpaired) electrons. The van der Waals surface area contributed by atoms with Crippen molar-refractivity contribution in [2.75, 3.05) is 0 Å². The van der Waals surface area contributed by atoms with Gasteiger partial charge in [0.25, 0.3) is 0 Å². The predicted octanol–water partition coefficient (Wildman–Crippen LogP) is 2.51. The van der Waals surface area contributed by atoms with Crippen LogP contribution in [0.25, 0.3) is 0 Å². The first-order valence-electron chi connectivity index (χ1n) is 3.55. The number of aryl methyl sites for hydroxylation is 1. The molecule has 2 nitrogen and oxygen atoms in total. The average Bonchev–Trinajstić information content (AvgIpc) is 2.50. The van der Waals surface area contributed by atoms with Gasteiger partial charge in [-0.3, -0.25) is 0 Å². The molecule has 0 saturated heterocycles. The molecule has 0 unspecified atom stereocenters. The first-order chi connectivity index (χ1) is 5.27. The summed E-state index contributed by atoms with van der Waals surface area (Å²) in [7, 11) is 0. The molecule has 3 heteroatoms. The monoisotopic (exact) mass is 169 g/mol. The van der Waals surface area contributed by atoms with Gasteiger partial charge in [-0.05, 0) is 25.5 Å². The summed E-state index contributed by atoms with van der Waals surface area (Å²) in [5.41, 5.74) is 0.690. The van der Waals surface area contributed by atoms with Gasteiger partial charge in [0, 0.05) is 4.88 Å². The van der Waals surface area contributed by atoms with Crippen LogP contribution < -0.4 is 0 Å². The molecule has 11 heavy (non-hydrogen) atoms. The minimum atomic E-state index is 0.690. The smallest absolute Gasteiger partial charge is 0.0936 e. The summed E-state index contributed by atoms with van der Waals surface area (Å²) in [4.78, 5) is 2.37. The molecular weight excluding hydrogens is 158 g/mol. The lowest BCUT2D eigenvalue weighted by Gasteiger charge is -1.89. The Hall–Kier alpha value is -0.830. The molecule has 1 aromatic rings. The second kappa shape index (κ2) is 3.53. The van der Waals surface area contributed by atoms with E-state index in [1.54, 1.807) is 18.3 Å². The summed E-state index contributed by atoms with van der Waals surface area (Å²) in [6.07, 6.45) is 1.05. The Morgan fingerprint density at radius 2 is 2.36 bits per heavy atom. The Labute approximate surface area is 70.2 Å². The van der Waals surface area contributed by atoms with E-state index < -0.39 is 0 Å². The zero-order valence-electron chi connectivity index (χ0n) is 6.66. The molecule has 60 valence electrons. The zero-order valence-corrected chi connectivity index (χ0v) is 7.48. The van der Waals surface area contributed by atoms with Crippen LogP contribution in [-0.4, -0.2) is 10.9 Å². The van der Waals surface area contributed by atoms with E-state index in [0.29, 0.717) is 5.71 Å². The SMILES string of the molecule is CCc1ccc(/C(C)=N/O)s1. The van der Waals surface area contributed by atoms with Gasteiger partial charge in [0.05, 0.1) is 10.6 Å². The van der Waals surface area contributed by atoms with E-state index in [9.17, 15) is 0 Å². The Bertz CT molecular complexity index is 265. The fraction of sp³-hybridized carbons (Fsp3) is 0.375. The van der Waals surface area contributed by atoms with Crippen molar-refractivity contribution < 1.29 is 5.21 Å². The number of rotatable bonds is 2. The fourth-order valence-electron chi connectivity index (χ4n) is 0.812. The third kappa shape index (κ3) is 1.80. The molecule has 0 bridgehead atoms. The standard InChI is InChI=1S/C8H11NOS/c1-3-7-4-5-8(11-7)6(2)9-10/h4-5,10H,3H2,1-2H3/b9-6+. The lowest BCUT2D eigenvalue weighted by Crippen LogP contribution is -1.87. The van der Waals surface area contributed by atoms with E-state index in [-0.39, 0.29) is 0 Å². The van der Waals surface area contributed by atoms with Gasteiger partial charge in [-0.2, -0.15) is 0 Å². The zero-order chi connectivity index (χ0) is 8.27. The molecule has 0 atom stereocenters. The van der Waals surface area contributed by atoms with Crippen molar-refractivity contribution in [1.29, 1.82) is 0 Å². The highest BCUT2D eigenvalue weighted by molar-refractivity contribution is 7.14. The minimum absolute atomic E-state index is 0.690. The average molecular weight is 169 g/mol. The Morgan fingerprint density at radius 1 is 1.64 bits per heavy atom. The van der Waals surface area contributed by atoms with Gasteiger partial charge in [-0.25, -0.2) is 0 Å². The van der Waals surface area contributed by atoms with Crippen molar-refractivity contribution in [1.82, 2.24) is 0 Å². The maximum absolute atomic E-state index is 8.46. The third-order valence-electron chi connectivity index (χ3n) is 1.52. The van der Waals surface area contributed by atoms with Gasteiger partial charge in [0.15, 0.2) is 0 Å². The quantitative estimate of drug-likeness (QED) is 0.412. The summed E-state index contributed by atoms with van der Waals surface area (Å²) in [5.74, 6) is 0. The van der Waals surface area contributed by atoms with Crippen LogP contribution >= 0.6 is 11.3 Å². The van der Waals surface area contributed by atoms with Crippen LogP contribution in [0.1, 0.15) is 23.6 Å². The van der Waals surface area contributed by atoms with Gasteiger partial charge in [-0.1, -0.05) is 12.1 Å². The molecule has 0 aliphatic heterocycles. The molecule has 0 aliphatic rings. The minimum Gasteiger partial charge on any atom is -0.411 e. The first-order valence-corrected chi connectivity index (χ1v) is 4.37. The molecule has 0 aromatic carbocycles. The number of hydrogen-bond acceptors (Lipinski definition) is 3. The van der Waals surface area contributed by atoms with E-state index in [1.165, 1.54) is 4.88 Å². The molecule has 1 aromatic heterocycles. The van der Waals surface area contributed by atoms with Gasteiger partial charge in [0.2, 0.25) is 0 Å². The van der Waals surface area contributed by atoms with Crippen LogP contribution in [0.3, 0.4) is 0 Å². The first kappa shape index (κ1) is 8.27. The van der Waals surface area contributed by atoms with Crippen molar-refractivity contribution in [2.24, 2.45) is 5.16 Å². The maximum atomic E-state index is 8.46. The number of thiophene rings is 1. The molecule has 1 rings (SSSR count). The van der Waals surface area contributed by atoms with E-state index in [2.05, 4.69) is 18.1 Å². The molecule has 0 amide bonds. The van der Waals surface area contributed by atoms with Crippen molar-refractivity contribution in [3.8, 4) is 0 Å². The van der Waals surface area contributed by atoms with Gasteiger partial charge < -0.3 is 5.21 Å². The van der Waals surface area contributed by atoms with E-state index in [4.69, 9.17) is 5.21 Å². The van der Waals surface area contributed by atoms with Crippen LogP contribution in [0, 0.1) is 0 Å². The van der Waals surface area contributed by atoms with Crippen molar-refractivity contribution in [2.45, 2.75) is 20.3 Å². The molecule has 0 saturated carbocycles. The maximum Gasteiger partial charge on any atom is 0.0936 e. The van der Waals surface area contributed by atoms with E-state index in [0.717, 1.165) is 11.3 Å². The topological polar surface area (TPSA) is 32.6 Å². The highest BCUT2D eigenvalue weighted by Crippen LogP contribution is 2.17. The largest absolute Gasteiger partial charge is 0.411 e. The van der Waals surface area contributed by atoms with E-state index >= 15 is 0 Å². The molecule has 0 fully saturated rings. The predicted molar refractivity (Wildman–Crippen MR) is 47.7 cm³/mol. The number of hydrogen-bond donors (Lipinski definition) is 1. The van der Waals surface area contributed by atoms with Gasteiger partial charge in [0.1, 0.15) is 0 Å². The fourth-order valence-corrected chi connectivity index (χ4v) is 1.70. The number of nitrogens with zero attached hydrogens (tertiary/aromatic N) is 1. The Kier molecular flexibility index (Phi) is 2.65. The molecule has 1 N–H and O–H groups in total. The molecule has 0 spiro atoms. The summed E-state index contributed by atoms with van der Waals surface area (Å²) in [5, 5.41) is 11.6. The van der Waals surface area contributed by atoms with E-state index in [1.807, 2.05) is 6.07 Å². The molecule has 0 aliphatic carbocycles. The second-order valence-corrected chi connectivity index (χ2v) is 3.47. The number of oxime groups is 1. The van der Waals surface area contributed by atoms with Crippen LogP contribution in [-0.2, 0) is 6.42 Å². The summed E-state index contributed by atoms with van der Waals surface area (Å²) < 4.78 is 0. The molecular formula is C8H11NOS. The van der Waals surface area contributed by atoms with Crippen molar-refractivity contribution >= 4 is 17.0 Å². The van der Waals surface area contributed by atoms with Crippen LogP contribution in [0.5, 0.6) is 0 Å². The summed E-state index contributed by atoms with van der Waals surface area (Å²) in [6, 6.07) is 4.05.